The van der Waals surface area contributed by atoms with Gasteiger partial charge in [0.05, 0.1) is 0 Å². The maximum Gasteiger partial charge on any atom is 0.220 e. The van der Waals surface area contributed by atoms with Crippen molar-refractivity contribution in [1.29, 1.82) is 0 Å². The van der Waals surface area contributed by atoms with Crippen LogP contribution in [0.2, 0.25) is 0 Å². The van der Waals surface area contributed by atoms with Gasteiger partial charge in [-0.05, 0) is 19.1 Å². The Morgan fingerprint density at radius 1 is 1.60 bits per heavy atom. The number of rotatable bonds is 2. The highest BCUT2D eigenvalue weighted by Gasteiger charge is 1.98. The number of hydrogen-bond acceptors (Lipinski definition) is 3. The van der Waals surface area contributed by atoms with Crippen molar-refractivity contribution in [3.05, 3.63) is 4.77 Å². The van der Waals surface area contributed by atoms with E-state index < -0.39 is 0 Å². The molecule has 0 unspecified atom stereocenters. The topological polar surface area (TPSA) is 47.7 Å². The van der Waals surface area contributed by atoms with E-state index in [2.05, 4.69) is 15.2 Å². The van der Waals surface area contributed by atoms with Crippen molar-refractivity contribution in [3.8, 4) is 0 Å². The molecular weight excluding hydrogens is 148 g/mol. The van der Waals surface area contributed by atoms with Crippen LogP contribution in [-0.2, 0) is 0 Å². The van der Waals surface area contributed by atoms with Crippen LogP contribution in [0.25, 0.3) is 0 Å². The molecule has 1 aromatic heterocycles. The van der Waals surface area contributed by atoms with Gasteiger partial charge in [0, 0.05) is 13.6 Å². The molecule has 0 aromatic carbocycles. The average molecular weight is 158 g/mol. The molecule has 0 aliphatic rings. The van der Waals surface area contributed by atoms with E-state index in [1.165, 1.54) is 0 Å². The van der Waals surface area contributed by atoms with E-state index in [-0.39, 0.29) is 0 Å². The van der Waals surface area contributed by atoms with E-state index in [4.69, 9.17) is 12.2 Å². The predicted molar refractivity (Wildman–Crippen MR) is 42.7 cm³/mol. The number of anilines is 1. The van der Waals surface area contributed by atoms with Gasteiger partial charge < -0.3 is 4.90 Å². The molecule has 0 spiro atoms. The van der Waals surface area contributed by atoms with E-state index in [0.29, 0.717) is 4.77 Å². The third kappa shape index (κ3) is 1.36. The lowest BCUT2D eigenvalue weighted by Gasteiger charge is -2.10. The molecule has 1 heterocycles. The van der Waals surface area contributed by atoms with Gasteiger partial charge in [0.2, 0.25) is 10.7 Å². The number of aromatic amines is 2. The summed E-state index contributed by atoms with van der Waals surface area (Å²) in [4.78, 5) is 5.98. The van der Waals surface area contributed by atoms with Crippen LogP contribution >= 0.6 is 12.2 Å². The molecule has 0 amide bonds. The fraction of sp³-hybridized carbons (Fsp3) is 0.600. The van der Waals surface area contributed by atoms with Crippen LogP contribution in [0.15, 0.2) is 0 Å². The molecule has 0 radical (unpaired) electrons. The minimum Gasteiger partial charge on any atom is -0.345 e. The molecule has 0 fully saturated rings. The highest BCUT2D eigenvalue weighted by molar-refractivity contribution is 7.71. The first-order chi connectivity index (χ1) is 4.74. The highest BCUT2D eigenvalue weighted by Crippen LogP contribution is 1.99. The Balaban J connectivity index is 2.84. The predicted octanol–water partition coefficient (Wildman–Crippen LogP) is 0.923. The summed E-state index contributed by atoms with van der Waals surface area (Å²) < 4.78 is 0.496. The Labute approximate surface area is 64.3 Å². The van der Waals surface area contributed by atoms with Crippen molar-refractivity contribution < 1.29 is 0 Å². The maximum absolute atomic E-state index is 4.78. The maximum atomic E-state index is 4.78. The summed E-state index contributed by atoms with van der Waals surface area (Å²) in [7, 11) is 1.95. The molecule has 0 aliphatic heterocycles. The Morgan fingerprint density at radius 3 is 2.70 bits per heavy atom. The first-order valence-electron chi connectivity index (χ1n) is 3.10. The molecule has 0 atom stereocenters. The third-order valence-electron chi connectivity index (χ3n) is 1.32. The van der Waals surface area contributed by atoms with E-state index in [0.717, 1.165) is 12.5 Å². The summed E-state index contributed by atoms with van der Waals surface area (Å²) >= 11 is 4.78. The van der Waals surface area contributed by atoms with Gasteiger partial charge in [-0.15, -0.1) is 0 Å². The molecule has 2 N–H and O–H groups in total. The van der Waals surface area contributed by atoms with E-state index in [1.807, 2.05) is 18.9 Å². The van der Waals surface area contributed by atoms with Crippen molar-refractivity contribution in [3.63, 3.8) is 0 Å². The molecule has 0 saturated heterocycles. The number of nitrogens with zero attached hydrogens (tertiary/aromatic N) is 2. The summed E-state index contributed by atoms with van der Waals surface area (Å²) in [6.07, 6.45) is 0. The Kier molecular flexibility index (Phi) is 2.06. The highest BCUT2D eigenvalue weighted by atomic mass is 32.1. The SMILES string of the molecule is CCN(C)c1nc(=S)[nH][nH]1. The van der Waals surface area contributed by atoms with E-state index in [1.54, 1.807) is 0 Å². The fourth-order valence-electron chi connectivity index (χ4n) is 0.592. The standard InChI is InChI=1S/C5H10N4S/c1-3-9(2)4-6-5(10)8-7-4/h3H2,1-2H3,(H2,6,7,8,10). The van der Waals surface area contributed by atoms with Crippen molar-refractivity contribution in [2.45, 2.75) is 6.92 Å². The molecule has 1 rings (SSSR count). The molecule has 5 heteroatoms. The quantitative estimate of drug-likeness (QED) is 0.629. The molecule has 10 heavy (non-hydrogen) atoms. The molecule has 0 saturated carbocycles. The van der Waals surface area contributed by atoms with Crippen LogP contribution in [0.5, 0.6) is 0 Å². The second-order valence-corrected chi connectivity index (χ2v) is 2.39. The zero-order valence-corrected chi connectivity index (χ0v) is 6.83. The monoisotopic (exact) mass is 158 g/mol. The Morgan fingerprint density at radius 2 is 2.30 bits per heavy atom. The van der Waals surface area contributed by atoms with Crippen molar-refractivity contribution in [1.82, 2.24) is 15.2 Å². The van der Waals surface area contributed by atoms with Crippen LogP contribution in [-0.4, -0.2) is 28.8 Å². The molecule has 56 valence electrons. The fourth-order valence-corrected chi connectivity index (χ4v) is 0.730. The lowest BCUT2D eigenvalue weighted by atomic mass is 10.6. The second-order valence-electron chi connectivity index (χ2n) is 2.00. The van der Waals surface area contributed by atoms with E-state index >= 15 is 0 Å². The van der Waals surface area contributed by atoms with Gasteiger partial charge in [-0.1, -0.05) is 0 Å². The molecular formula is C5H10N4S. The average Bonchev–Trinajstić information content (AvgIpc) is 2.34. The number of hydrogen-bond donors (Lipinski definition) is 2. The first-order valence-corrected chi connectivity index (χ1v) is 3.50. The van der Waals surface area contributed by atoms with Crippen molar-refractivity contribution in [2.75, 3.05) is 18.5 Å². The summed E-state index contributed by atoms with van der Waals surface area (Å²) in [5.74, 6) is 0.785. The third-order valence-corrected chi connectivity index (χ3v) is 1.52. The normalized spacial score (nSPS) is 9.80. The smallest absolute Gasteiger partial charge is 0.220 e. The Hall–Kier alpha value is -0.840. The zero-order chi connectivity index (χ0) is 7.56. The molecule has 1 aromatic rings. The van der Waals surface area contributed by atoms with Gasteiger partial charge in [0.25, 0.3) is 0 Å². The van der Waals surface area contributed by atoms with Crippen LogP contribution < -0.4 is 4.90 Å². The second kappa shape index (κ2) is 2.83. The summed E-state index contributed by atoms with van der Waals surface area (Å²) in [5.41, 5.74) is 0. The van der Waals surface area contributed by atoms with Gasteiger partial charge >= 0.3 is 0 Å². The van der Waals surface area contributed by atoms with Crippen molar-refractivity contribution in [2.24, 2.45) is 0 Å². The molecule has 4 nitrogen and oxygen atoms in total. The summed E-state index contributed by atoms with van der Waals surface area (Å²) in [5, 5.41) is 5.56. The summed E-state index contributed by atoms with van der Waals surface area (Å²) in [6, 6.07) is 0. The molecule has 0 aliphatic carbocycles. The van der Waals surface area contributed by atoms with E-state index in [9.17, 15) is 0 Å². The van der Waals surface area contributed by atoms with Gasteiger partial charge in [0.15, 0.2) is 0 Å². The largest absolute Gasteiger partial charge is 0.345 e. The minimum atomic E-state index is 0.496. The van der Waals surface area contributed by atoms with Crippen LogP contribution in [0.1, 0.15) is 6.92 Å². The van der Waals surface area contributed by atoms with Gasteiger partial charge in [-0.2, -0.15) is 4.98 Å². The van der Waals surface area contributed by atoms with Crippen LogP contribution in [0.3, 0.4) is 0 Å². The molecule has 0 bridgehead atoms. The van der Waals surface area contributed by atoms with Gasteiger partial charge in [0.1, 0.15) is 0 Å². The number of H-pyrrole nitrogens is 2. The van der Waals surface area contributed by atoms with Crippen LogP contribution in [0.4, 0.5) is 5.95 Å². The van der Waals surface area contributed by atoms with Crippen molar-refractivity contribution >= 4 is 18.2 Å². The van der Waals surface area contributed by atoms with Crippen LogP contribution in [0, 0.1) is 4.77 Å². The lowest BCUT2D eigenvalue weighted by Crippen LogP contribution is -2.17. The lowest BCUT2D eigenvalue weighted by molar-refractivity contribution is 0.905. The Bertz CT molecular complexity index is 250. The first kappa shape index (κ1) is 7.27. The minimum absolute atomic E-state index is 0.496. The summed E-state index contributed by atoms with van der Waals surface area (Å²) in [6.45, 7) is 2.96. The zero-order valence-electron chi connectivity index (χ0n) is 6.01. The van der Waals surface area contributed by atoms with Gasteiger partial charge in [-0.3, -0.25) is 10.2 Å². The number of aromatic nitrogens is 3. The number of nitrogens with one attached hydrogen (secondary N) is 2. The van der Waals surface area contributed by atoms with Gasteiger partial charge in [-0.25, -0.2) is 0 Å².